The Morgan fingerprint density at radius 1 is 1.29 bits per heavy atom. The number of ether oxygens (including phenoxy) is 1. The van der Waals surface area contributed by atoms with Gasteiger partial charge in [0.2, 0.25) is 0 Å². The zero-order chi connectivity index (χ0) is 14.8. The summed E-state index contributed by atoms with van der Waals surface area (Å²) in [7, 11) is 0. The minimum absolute atomic E-state index is 0.136. The average molecular weight is 286 g/mol. The molecule has 1 unspecified atom stereocenters. The molecule has 1 aliphatic rings. The number of anilines is 2. The fourth-order valence-electron chi connectivity index (χ4n) is 2.40. The quantitative estimate of drug-likeness (QED) is 0.906. The molecule has 0 saturated carbocycles. The molecule has 5 heteroatoms. The summed E-state index contributed by atoms with van der Waals surface area (Å²) >= 11 is 0. The number of nitrogens with one attached hydrogen (secondary N) is 2. The Kier molecular flexibility index (Phi) is 3.48. The summed E-state index contributed by atoms with van der Waals surface area (Å²) < 4.78 is 18.7. The molecule has 2 N–H and O–H groups in total. The van der Waals surface area contributed by atoms with E-state index in [2.05, 4.69) is 10.6 Å². The number of carbonyl (C=O) groups excluding carboxylic acids is 1. The molecule has 108 valence electrons. The summed E-state index contributed by atoms with van der Waals surface area (Å²) in [6, 6.07) is 11.2. The third-order valence-corrected chi connectivity index (χ3v) is 3.34. The van der Waals surface area contributed by atoms with E-state index < -0.39 is 6.04 Å². The first kappa shape index (κ1) is 13.4. The fraction of sp³-hybridized carbons (Fsp3) is 0.188. The molecule has 0 spiro atoms. The van der Waals surface area contributed by atoms with Crippen LogP contribution in [-0.4, -0.2) is 12.5 Å². The smallest absolute Gasteiger partial charge is 0.251 e. The van der Waals surface area contributed by atoms with Gasteiger partial charge in [-0.2, -0.15) is 0 Å². The fourth-order valence-corrected chi connectivity index (χ4v) is 2.40. The molecular weight excluding hydrogens is 271 g/mol. The van der Waals surface area contributed by atoms with Crippen LogP contribution in [0.25, 0.3) is 0 Å². The Labute approximate surface area is 121 Å². The van der Waals surface area contributed by atoms with Gasteiger partial charge in [0, 0.05) is 17.3 Å². The summed E-state index contributed by atoms with van der Waals surface area (Å²) in [6.07, 6.45) is 0. The van der Waals surface area contributed by atoms with Gasteiger partial charge in [0.15, 0.2) is 0 Å². The first-order valence-corrected chi connectivity index (χ1v) is 6.77. The zero-order valence-electron chi connectivity index (χ0n) is 11.5. The van der Waals surface area contributed by atoms with E-state index in [0.29, 0.717) is 18.0 Å². The standard InChI is InChI=1S/C16H15FN2O2/c1-2-21-14-9-10(17)7-8-13(14)18-15-11-5-3-4-6-12(11)19-16(15)20/h3-9,15,18H,2H2,1H3,(H,19,20). The lowest BCUT2D eigenvalue weighted by molar-refractivity contribution is -0.116. The van der Waals surface area contributed by atoms with Crippen LogP contribution in [0.1, 0.15) is 18.5 Å². The molecule has 21 heavy (non-hydrogen) atoms. The van der Waals surface area contributed by atoms with Crippen LogP contribution < -0.4 is 15.4 Å². The number of rotatable bonds is 4. The molecule has 0 aliphatic carbocycles. The largest absolute Gasteiger partial charge is 0.492 e. The Morgan fingerprint density at radius 2 is 2.10 bits per heavy atom. The van der Waals surface area contributed by atoms with E-state index in [4.69, 9.17) is 4.74 Å². The van der Waals surface area contributed by atoms with Crippen LogP contribution in [0.2, 0.25) is 0 Å². The molecule has 3 rings (SSSR count). The van der Waals surface area contributed by atoms with Crippen molar-refractivity contribution in [2.75, 3.05) is 17.2 Å². The van der Waals surface area contributed by atoms with Crippen molar-refractivity contribution in [3.63, 3.8) is 0 Å². The molecular formula is C16H15FN2O2. The summed E-state index contributed by atoms with van der Waals surface area (Å²) in [5.74, 6) is -0.113. The number of benzene rings is 2. The van der Waals surface area contributed by atoms with Gasteiger partial charge >= 0.3 is 0 Å². The van der Waals surface area contributed by atoms with Gasteiger partial charge in [-0.05, 0) is 25.1 Å². The predicted molar refractivity (Wildman–Crippen MR) is 79.0 cm³/mol. The van der Waals surface area contributed by atoms with Crippen molar-refractivity contribution in [3.05, 3.63) is 53.8 Å². The van der Waals surface area contributed by atoms with E-state index in [1.165, 1.54) is 12.1 Å². The van der Waals surface area contributed by atoms with Crippen molar-refractivity contribution >= 4 is 17.3 Å². The van der Waals surface area contributed by atoms with Crippen molar-refractivity contribution in [2.24, 2.45) is 0 Å². The second kappa shape index (κ2) is 5.44. The molecule has 2 aromatic rings. The van der Waals surface area contributed by atoms with Gasteiger partial charge < -0.3 is 15.4 Å². The Hall–Kier alpha value is -2.56. The molecule has 2 aromatic carbocycles. The lowest BCUT2D eigenvalue weighted by Crippen LogP contribution is -2.20. The zero-order valence-corrected chi connectivity index (χ0v) is 11.5. The molecule has 1 heterocycles. The highest BCUT2D eigenvalue weighted by Crippen LogP contribution is 2.35. The van der Waals surface area contributed by atoms with Crippen LogP contribution in [-0.2, 0) is 4.79 Å². The maximum absolute atomic E-state index is 13.3. The van der Waals surface area contributed by atoms with Crippen LogP contribution in [0.5, 0.6) is 5.75 Å². The lowest BCUT2D eigenvalue weighted by Gasteiger charge is -2.16. The van der Waals surface area contributed by atoms with Gasteiger partial charge in [0.05, 0.1) is 12.3 Å². The van der Waals surface area contributed by atoms with E-state index in [9.17, 15) is 9.18 Å². The normalized spacial score (nSPS) is 16.3. The number of hydrogen-bond acceptors (Lipinski definition) is 3. The third kappa shape index (κ3) is 2.54. The van der Waals surface area contributed by atoms with E-state index in [1.807, 2.05) is 31.2 Å². The van der Waals surface area contributed by atoms with Gasteiger partial charge in [-0.25, -0.2) is 4.39 Å². The number of hydrogen-bond donors (Lipinski definition) is 2. The van der Waals surface area contributed by atoms with Gasteiger partial charge in [-0.15, -0.1) is 0 Å². The Morgan fingerprint density at radius 3 is 2.90 bits per heavy atom. The van der Waals surface area contributed by atoms with Gasteiger partial charge in [0.25, 0.3) is 5.91 Å². The average Bonchev–Trinajstić information content (AvgIpc) is 2.78. The van der Waals surface area contributed by atoms with Crippen LogP contribution in [0.4, 0.5) is 15.8 Å². The van der Waals surface area contributed by atoms with Crippen LogP contribution in [0, 0.1) is 5.82 Å². The van der Waals surface area contributed by atoms with Crippen LogP contribution in [0.15, 0.2) is 42.5 Å². The van der Waals surface area contributed by atoms with E-state index >= 15 is 0 Å². The SMILES string of the molecule is CCOc1cc(F)ccc1NC1C(=O)Nc2ccccc21. The van der Waals surface area contributed by atoms with Crippen molar-refractivity contribution in [2.45, 2.75) is 13.0 Å². The molecule has 0 radical (unpaired) electrons. The highest BCUT2D eigenvalue weighted by atomic mass is 19.1. The molecule has 1 amide bonds. The second-order valence-corrected chi connectivity index (χ2v) is 4.73. The topological polar surface area (TPSA) is 50.4 Å². The van der Waals surface area contributed by atoms with Crippen molar-refractivity contribution < 1.29 is 13.9 Å². The number of amides is 1. The molecule has 0 saturated heterocycles. The second-order valence-electron chi connectivity index (χ2n) is 4.73. The van der Waals surface area contributed by atoms with E-state index in [-0.39, 0.29) is 11.7 Å². The van der Waals surface area contributed by atoms with Gasteiger partial charge in [-0.1, -0.05) is 18.2 Å². The molecule has 0 bridgehead atoms. The predicted octanol–water partition coefficient (Wildman–Crippen LogP) is 3.33. The van der Waals surface area contributed by atoms with Gasteiger partial charge in [-0.3, -0.25) is 4.79 Å². The Bertz CT molecular complexity index is 688. The van der Waals surface area contributed by atoms with Crippen LogP contribution >= 0.6 is 0 Å². The Balaban J connectivity index is 1.92. The lowest BCUT2D eigenvalue weighted by atomic mass is 10.1. The van der Waals surface area contributed by atoms with E-state index in [0.717, 1.165) is 11.3 Å². The summed E-state index contributed by atoms with van der Waals surface area (Å²) in [5.41, 5.74) is 2.25. The number of halogens is 1. The monoisotopic (exact) mass is 286 g/mol. The maximum atomic E-state index is 13.3. The van der Waals surface area contributed by atoms with Crippen molar-refractivity contribution in [1.82, 2.24) is 0 Å². The molecule has 4 nitrogen and oxygen atoms in total. The summed E-state index contributed by atoms with van der Waals surface area (Å²) in [6.45, 7) is 2.25. The molecule has 1 aliphatic heterocycles. The molecule has 0 aromatic heterocycles. The van der Waals surface area contributed by atoms with E-state index in [1.54, 1.807) is 6.07 Å². The maximum Gasteiger partial charge on any atom is 0.251 e. The molecule has 0 fully saturated rings. The first-order valence-electron chi connectivity index (χ1n) is 6.77. The third-order valence-electron chi connectivity index (χ3n) is 3.34. The number of carbonyl (C=O) groups is 1. The highest BCUT2D eigenvalue weighted by Gasteiger charge is 2.30. The summed E-state index contributed by atoms with van der Waals surface area (Å²) in [4.78, 5) is 12.1. The number of fused-ring (bicyclic) bond motifs is 1. The summed E-state index contributed by atoms with van der Waals surface area (Å²) in [5, 5.41) is 5.94. The van der Waals surface area contributed by atoms with Crippen molar-refractivity contribution in [1.29, 1.82) is 0 Å². The first-order chi connectivity index (χ1) is 10.2. The molecule has 1 atom stereocenters. The van der Waals surface area contributed by atoms with Crippen LogP contribution in [0.3, 0.4) is 0 Å². The van der Waals surface area contributed by atoms with Gasteiger partial charge in [0.1, 0.15) is 17.6 Å². The minimum atomic E-state index is -0.508. The van der Waals surface area contributed by atoms with Crippen molar-refractivity contribution in [3.8, 4) is 5.75 Å². The minimum Gasteiger partial charge on any atom is -0.492 e. The highest BCUT2D eigenvalue weighted by molar-refractivity contribution is 6.04. The number of para-hydroxylation sites is 1.